The monoisotopic (exact) mass is 399 g/mol. The number of amides is 1. The Morgan fingerprint density at radius 1 is 1.07 bits per heavy atom. The molecule has 1 amide bonds. The predicted molar refractivity (Wildman–Crippen MR) is 118 cm³/mol. The van der Waals surface area contributed by atoms with Gasteiger partial charge in [-0.25, -0.2) is 0 Å². The minimum absolute atomic E-state index is 0.0187. The quantitative estimate of drug-likeness (QED) is 0.729. The van der Waals surface area contributed by atoms with E-state index in [1.807, 2.05) is 6.07 Å². The van der Waals surface area contributed by atoms with E-state index in [2.05, 4.69) is 66.4 Å². The number of carbonyl (C=O) groups is 1. The number of fused-ring (bicyclic) bond motifs is 1. The number of hydrogen-bond acceptors (Lipinski definition) is 2. The van der Waals surface area contributed by atoms with Crippen molar-refractivity contribution >= 4 is 11.5 Å². The van der Waals surface area contributed by atoms with E-state index in [4.69, 9.17) is 4.74 Å². The third-order valence-corrected chi connectivity index (χ3v) is 7.97. The standard InChI is InChI=1S/C27H29NO2/c1-19-8-7-11-21(14-19)23-16-27-18-28(22-12-5-6-13-22)25(29)26(27,17-24(23)30-27)15-20-9-3-2-4-10-20/h2-4,7-11,14,16,22,24H,5-6,12-13,15,17-18H2,1H3/t24-,26-,27+/m0/s1. The summed E-state index contributed by atoms with van der Waals surface area (Å²) in [5, 5.41) is 0. The normalized spacial score (nSPS) is 32.7. The molecule has 4 aliphatic rings. The molecule has 3 heteroatoms. The molecule has 6 rings (SSSR count). The maximum atomic E-state index is 14.0. The first kappa shape index (κ1) is 18.4. The minimum atomic E-state index is -0.494. The molecule has 1 aliphatic carbocycles. The molecule has 154 valence electrons. The van der Waals surface area contributed by atoms with Crippen molar-refractivity contribution in [3.05, 3.63) is 77.4 Å². The number of hydrogen-bond donors (Lipinski definition) is 0. The fraction of sp³-hybridized carbons (Fsp3) is 0.444. The van der Waals surface area contributed by atoms with Crippen LogP contribution in [0, 0.1) is 12.3 Å². The van der Waals surface area contributed by atoms with E-state index in [1.54, 1.807) is 0 Å². The molecule has 3 atom stereocenters. The van der Waals surface area contributed by atoms with Crippen LogP contribution in [0.2, 0.25) is 0 Å². The summed E-state index contributed by atoms with van der Waals surface area (Å²) in [4.78, 5) is 16.2. The largest absolute Gasteiger partial charge is 0.360 e. The summed E-state index contributed by atoms with van der Waals surface area (Å²) in [6, 6.07) is 19.6. The smallest absolute Gasteiger partial charge is 0.232 e. The highest BCUT2D eigenvalue weighted by Gasteiger charge is 2.72. The lowest BCUT2D eigenvalue weighted by Gasteiger charge is -2.34. The zero-order valence-electron chi connectivity index (χ0n) is 17.6. The minimum Gasteiger partial charge on any atom is -0.360 e. The summed E-state index contributed by atoms with van der Waals surface area (Å²) in [6.45, 7) is 2.85. The van der Waals surface area contributed by atoms with Crippen LogP contribution in [0.5, 0.6) is 0 Å². The van der Waals surface area contributed by atoms with Crippen LogP contribution in [0.15, 0.2) is 60.7 Å². The lowest BCUT2D eigenvalue weighted by molar-refractivity contribution is -0.138. The third kappa shape index (κ3) is 2.51. The van der Waals surface area contributed by atoms with E-state index in [0.29, 0.717) is 11.9 Å². The highest BCUT2D eigenvalue weighted by Crippen LogP contribution is 2.62. The molecule has 3 aliphatic heterocycles. The Hall–Kier alpha value is -2.39. The van der Waals surface area contributed by atoms with Crippen LogP contribution in [0.4, 0.5) is 0 Å². The molecule has 0 N–H and O–H groups in total. The number of nitrogens with zero attached hydrogens (tertiary/aromatic N) is 1. The van der Waals surface area contributed by atoms with Gasteiger partial charge in [0, 0.05) is 6.04 Å². The third-order valence-electron chi connectivity index (χ3n) is 7.97. The average molecular weight is 400 g/mol. The molecular weight excluding hydrogens is 370 g/mol. The lowest BCUT2D eigenvalue weighted by atomic mass is 9.65. The number of carbonyl (C=O) groups excluding carboxylic acids is 1. The van der Waals surface area contributed by atoms with Gasteiger partial charge in [0.2, 0.25) is 5.91 Å². The average Bonchev–Trinajstić information content (AvgIpc) is 3.50. The zero-order chi connectivity index (χ0) is 20.3. The van der Waals surface area contributed by atoms with Crippen LogP contribution in [-0.2, 0) is 16.0 Å². The van der Waals surface area contributed by atoms with E-state index in [9.17, 15) is 4.79 Å². The van der Waals surface area contributed by atoms with E-state index in [-0.39, 0.29) is 6.10 Å². The van der Waals surface area contributed by atoms with Gasteiger partial charge < -0.3 is 9.64 Å². The fourth-order valence-electron chi connectivity index (χ4n) is 6.54. The van der Waals surface area contributed by atoms with Crippen LogP contribution in [-0.4, -0.2) is 35.1 Å². The summed E-state index contributed by atoms with van der Waals surface area (Å²) in [5.74, 6) is 0.334. The molecule has 3 nitrogen and oxygen atoms in total. The van der Waals surface area contributed by atoms with Gasteiger partial charge >= 0.3 is 0 Å². The second-order valence-corrected chi connectivity index (χ2v) is 9.79. The summed E-state index contributed by atoms with van der Waals surface area (Å²) in [7, 11) is 0. The van der Waals surface area contributed by atoms with Gasteiger partial charge in [-0.3, -0.25) is 4.79 Å². The van der Waals surface area contributed by atoms with E-state index in [1.165, 1.54) is 35.1 Å². The van der Waals surface area contributed by atoms with Crippen molar-refractivity contribution < 1.29 is 9.53 Å². The van der Waals surface area contributed by atoms with Crippen molar-refractivity contribution in [2.75, 3.05) is 6.54 Å². The number of benzene rings is 2. The molecule has 3 fully saturated rings. The first-order chi connectivity index (χ1) is 14.6. The highest BCUT2D eigenvalue weighted by molar-refractivity contribution is 5.92. The molecule has 3 heterocycles. The summed E-state index contributed by atoms with van der Waals surface area (Å²) < 4.78 is 6.77. The molecule has 30 heavy (non-hydrogen) atoms. The van der Waals surface area contributed by atoms with Gasteiger partial charge in [0.15, 0.2) is 0 Å². The summed E-state index contributed by atoms with van der Waals surface area (Å²) in [6.07, 6.45) is 8.68. The second-order valence-electron chi connectivity index (χ2n) is 9.79. The molecule has 0 unspecified atom stereocenters. The van der Waals surface area contributed by atoms with Crippen molar-refractivity contribution in [2.24, 2.45) is 5.41 Å². The Bertz CT molecular complexity index is 1020. The number of ether oxygens (including phenoxy) is 1. The Labute approximate surface area is 178 Å². The van der Waals surface area contributed by atoms with Crippen LogP contribution < -0.4 is 0 Å². The van der Waals surface area contributed by atoms with Gasteiger partial charge in [-0.1, -0.05) is 73.0 Å². The number of aryl methyl sites for hydroxylation is 1. The van der Waals surface area contributed by atoms with Gasteiger partial charge in [-0.15, -0.1) is 0 Å². The Morgan fingerprint density at radius 3 is 2.63 bits per heavy atom. The lowest BCUT2D eigenvalue weighted by Crippen LogP contribution is -2.46. The molecule has 0 aromatic heterocycles. The van der Waals surface area contributed by atoms with E-state index >= 15 is 0 Å². The van der Waals surface area contributed by atoms with E-state index in [0.717, 1.165) is 32.2 Å². The van der Waals surface area contributed by atoms with Crippen LogP contribution >= 0.6 is 0 Å². The maximum Gasteiger partial charge on any atom is 0.232 e. The summed E-state index contributed by atoms with van der Waals surface area (Å²) >= 11 is 0. The predicted octanol–water partition coefficient (Wildman–Crippen LogP) is 4.93. The molecule has 1 saturated carbocycles. The number of likely N-dealkylation sites (tertiary alicyclic amines) is 1. The topological polar surface area (TPSA) is 29.5 Å². The Balaban J connectivity index is 1.44. The van der Waals surface area contributed by atoms with Gasteiger partial charge in [0.05, 0.1) is 18.1 Å². The molecular formula is C27H29NO2. The molecule has 2 aromatic carbocycles. The molecule has 2 bridgehead atoms. The van der Waals surface area contributed by atoms with Gasteiger partial charge in [0.25, 0.3) is 0 Å². The van der Waals surface area contributed by atoms with Gasteiger partial charge in [0.1, 0.15) is 5.60 Å². The molecule has 0 radical (unpaired) electrons. The molecule has 2 aromatic rings. The highest BCUT2D eigenvalue weighted by atomic mass is 16.5. The van der Waals surface area contributed by atoms with Crippen molar-refractivity contribution in [3.63, 3.8) is 0 Å². The fourth-order valence-corrected chi connectivity index (χ4v) is 6.54. The molecule has 2 saturated heterocycles. The SMILES string of the molecule is Cc1cccc(C2=C[C@@]34CN(C5CCCC5)C(=O)[C@]3(Cc3ccccc3)C[C@@H]2O4)c1. The Kier molecular flexibility index (Phi) is 4.02. The first-order valence-electron chi connectivity index (χ1n) is 11.4. The first-order valence-corrected chi connectivity index (χ1v) is 11.4. The molecule has 1 spiro atoms. The summed E-state index contributed by atoms with van der Waals surface area (Å²) in [5.41, 5.74) is 4.07. The van der Waals surface area contributed by atoms with Crippen LogP contribution in [0.3, 0.4) is 0 Å². The van der Waals surface area contributed by atoms with Gasteiger partial charge in [-0.2, -0.15) is 0 Å². The number of rotatable bonds is 4. The van der Waals surface area contributed by atoms with Crippen LogP contribution in [0.1, 0.15) is 48.8 Å². The zero-order valence-corrected chi connectivity index (χ0v) is 17.6. The second kappa shape index (κ2) is 6.55. The van der Waals surface area contributed by atoms with Crippen molar-refractivity contribution in [1.82, 2.24) is 4.90 Å². The maximum absolute atomic E-state index is 14.0. The van der Waals surface area contributed by atoms with Crippen molar-refractivity contribution in [3.8, 4) is 0 Å². The Morgan fingerprint density at radius 2 is 1.87 bits per heavy atom. The van der Waals surface area contributed by atoms with E-state index < -0.39 is 11.0 Å². The van der Waals surface area contributed by atoms with Gasteiger partial charge in [-0.05, 0) is 55.4 Å². The van der Waals surface area contributed by atoms with Crippen molar-refractivity contribution in [1.29, 1.82) is 0 Å². The van der Waals surface area contributed by atoms with Crippen LogP contribution in [0.25, 0.3) is 5.57 Å². The van der Waals surface area contributed by atoms with Crippen molar-refractivity contribution in [2.45, 2.75) is 63.2 Å².